The summed E-state index contributed by atoms with van der Waals surface area (Å²) in [4.78, 5) is 31.3. The first kappa shape index (κ1) is 25.4. The fourth-order valence-electron chi connectivity index (χ4n) is 4.00. The molecule has 194 valence electrons. The van der Waals surface area contributed by atoms with Gasteiger partial charge in [-0.25, -0.2) is 22.5 Å². The average molecular weight is 545 g/mol. The van der Waals surface area contributed by atoms with Crippen LogP contribution in [0.25, 0.3) is 11.3 Å². The summed E-state index contributed by atoms with van der Waals surface area (Å²) in [5, 5.41) is 0. The maximum atomic E-state index is 14.9. The lowest BCUT2D eigenvalue weighted by molar-refractivity contribution is 0.0767. The van der Waals surface area contributed by atoms with E-state index in [0.29, 0.717) is 22.7 Å². The van der Waals surface area contributed by atoms with E-state index < -0.39 is 21.7 Å². The molecule has 1 aliphatic heterocycles. The minimum atomic E-state index is -3.42. The monoisotopic (exact) mass is 544 g/mol. The van der Waals surface area contributed by atoms with Crippen LogP contribution in [0.2, 0.25) is 0 Å². The molecule has 1 N–H and O–H groups in total. The van der Waals surface area contributed by atoms with E-state index in [-0.39, 0.29) is 48.8 Å². The topological polar surface area (TPSA) is 119 Å². The van der Waals surface area contributed by atoms with Crippen molar-refractivity contribution in [1.29, 1.82) is 0 Å². The molecule has 3 aromatic rings. The number of carbonyl (C=O) groups is 2. The Morgan fingerprint density at radius 1 is 1.19 bits per heavy atom. The number of sulfonamides is 1. The van der Waals surface area contributed by atoms with Gasteiger partial charge in [-0.1, -0.05) is 6.07 Å². The average Bonchev–Trinajstić information content (AvgIpc) is 3.64. The van der Waals surface area contributed by atoms with Crippen LogP contribution in [0.5, 0.6) is 5.75 Å². The summed E-state index contributed by atoms with van der Waals surface area (Å²) in [5.41, 5.74) is 1.38. The van der Waals surface area contributed by atoms with Crippen LogP contribution in [0.1, 0.15) is 51.6 Å². The number of ketones is 1. The molecule has 12 heteroatoms. The van der Waals surface area contributed by atoms with Gasteiger partial charge in [0.05, 0.1) is 28.1 Å². The number of hydrogen-bond acceptors (Lipinski definition) is 8. The second-order valence-electron chi connectivity index (χ2n) is 9.09. The van der Waals surface area contributed by atoms with Crippen LogP contribution in [0, 0.1) is 11.7 Å². The number of carbonyl (C=O) groups excluding carboxylic acids is 2. The van der Waals surface area contributed by atoms with Crippen LogP contribution in [0.4, 0.5) is 4.39 Å². The molecule has 1 atom stereocenters. The summed E-state index contributed by atoms with van der Waals surface area (Å²) in [5.74, 6) is -0.769. The Bertz CT molecular complexity index is 1440. The van der Waals surface area contributed by atoms with Gasteiger partial charge in [-0.05, 0) is 61.6 Å². The highest BCUT2D eigenvalue weighted by Gasteiger charge is 2.31. The minimum absolute atomic E-state index is 0.00222. The Morgan fingerprint density at radius 2 is 2.00 bits per heavy atom. The highest BCUT2D eigenvalue weighted by atomic mass is 32.2. The zero-order chi connectivity index (χ0) is 26.2. The molecule has 0 unspecified atom stereocenters. The Labute approximate surface area is 217 Å². The van der Waals surface area contributed by atoms with E-state index in [9.17, 15) is 22.4 Å². The molecule has 1 aliphatic carbocycles. The first-order valence-corrected chi connectivity index (χ1v) is 14.3. The molecular formula is C25H25FN4O5S2. The number of aromatic nitrogens is 2. The summed E-state index contributed by atoms with van der Waals surface area (Å²) in [6.45, 7) is 2.12. The third-order valence-electron chi connectivity index (χ3n) is 6.29. The Hall–Kier alpha value is -3.22. The summed E-state index contributed by atoms with van der Waals surface area (Å²) >= 11 is 1.22. The smallest absolute Gasteiger partial charge is 0.256 e. The summed E-state index contributed by atoms with van der Waals surface area (Å²) < 4.78 is 51.1. The number of nitrogens with one attached hydrogen (secondary N) is 1. The zero-order valence-corrected chi connectivity index (χ0v) is 21.6. The fourth-order valence-corrected chi connectivity index (χ4v) is 5.73. The molecule has 0 bridgehead atoms. The van der Waals surface area contributed by atoms with Crippen LogP contribution in [-0.2, 0) is 10.0 Å². The van der Waals surface area contributed by atoms with Gasteiger partial charge in [0.25, 0.3) is 5.91 Å². The zero-order valence-electron chi connectivity index (χ0n) is 20.0. The quantitative estimate of drug-likeness (QED) is 0.453. The third-order valence-corrected chi connectivity index (χ3v) is 8.61. The number of benzene rings is 1. The van der Waals surface area contributed by atoms with Crippen molar-refractivity contribution in [1.82, 2.24) is 19.0 Å². The number of rotatable bonds is 7. The van der Waals surface area contributed by atoms with Crippen molar-refractivity contribution in [2.75, 3.05) is 25.4 Å². The molecule has 1 aromatic carbocycles. The first-order valence-electron chi connectivity index (χ1n) is 11.9. The second-order valence-corrected chi connectivity index (χ2v) is 11.9. The van der Waals surface area contributed by atoms with Crippen molar-refractivity contribution in [2.24, 2.45) is 5.92 Å². The van der Waals surface area contributed by atoms with E-state index in [1.54, 1.807) is 24.3 Å². The molecule has 0 radical (unpaired) electrons. The number of nitrogens with zero attached hydrogens (tertiary/aromatic N) is 3. The standard InChI is InChI=1S/C25H25FN4O5S2/c1-15(35-18-5-7-21(27-14-18)24(31)16-2-3-16)23-13-22(29-36-23)17-4-6-19(20(26)12-17)25(32)30-9-8-28-37(33,34)11-10-30/h4-7,12-16,28H,2-3,8-11H2,1H3/t15-/m1/s1. The van der Waals surface area contributed by atoms with Gasteiger partial charge in [-0.2, -0.15) is 4.37 Å². The summed E-state index contributed by atoms with van der Waals surface area (Å²) in [6.07, 6.45) is 3.04. The van der Waals surface area contributed by atoms with Gasteiger partial charge in [0.2, 0.25) is 10.0 Å². The van der Waals surface area contributed by atoms with Crippen molar-refractivity contribution >= 4 is 33.2 Å². The molecule has 37 heavy (non-hydrogen) atoms. The van der Waals surface area contributed by atoms with Crippen LogP contribution in [0.15, 0.2) is 42.6 Å². The van der Waals surface area contributed by atoms with E-state index >= 15 is 0 Å². The predicted octanol–water partition coefficient (Wildman–Crippen LogP) is 3.45. The van der Waals surface area contributed by atoms with E-state index in [4.69, 9.17) is 4.74 Å². The van der Waals surface area contributed by atoms with Crippen molar-refractivity contribution in [3.05, 3.63) is 64.5 Å². The maximum Gasteiger partial charge on any atom is 0.256 e. The number of hydrogen-bond donors (Lipinski definition) is 1. The van der Waals surface area contributed by atoms with Gasteiger partial charge >= 0.3 is 0 Å². The van der Waals surface area contributed by atoms with Crippen molar-refractivity contribution in [2.45, 2.75) is 25.9 Å². The Balaban J connectivity index is 1.25. The van der Waals surface area contributed by atoms with Gasteiger partial charge in [0, 0.05) is 31.1 Å². The number of pyridine rings is 1. The summed E-state index contributed by atoms with van der Waals surface area (Å²) in [7, 11) is -3.42. The fraction of sp³-hybridized carbons (Fsp3) is 0.360. The molecule has 1 amide bonds. The highest BCUT2D eigenvalue weighted by molar-refractivity contribution is 7.89. The van der Waals surface area contributed by atoms with E-state index in [1.807, 2.05) is 6.92 Å². The van der Waals surface area contributed by atoms with Gasteiger partial charge < -0.3 is 9.64 Å². The number of Topliss-reactive ketones (excluding diaryl/α,β-unsaturated/α-hetero) is 1. The van der Waals surface area contributed by atoms with Crippen molar-refractivity contribution < 1.29 is 27.1 Å². The van der Waals surface area contributed by atoms with Crippen LogP contribution >= 0.6 is 11.5 Å². The van der Waals surface area contributed by atoms with Gasteiger partial charge in [-0.3, -0.25) is 9.59 Å². The molecule has 2 aliphatic rings. The molecule has 1 saturated carbocycles. The summed E-state index contributed by atoms with van der Waals surface area (Å²) in [6, 6.07) is 9.47. The SMILES string of the molecule is C[C@@H](Oc1ccc(C(=O)C2CC2)nc1)c1cc(-c2ccc(C(=O)N3CCNS(=O)(=O)CC3)c(F)c2)ns1. The first-order chi connectivity index (χ1) is 17.7. The molecule has 9 nitrogen and oxygen atoms in total. The lowest BCUT2D eigenvalue weighted by Gasteiger charge is -2.19. The second kappa shape index (κ2) is 10.3. The largest absolute Gasteiger partial charge is 0.484 e. The van der Waals surface area contributed by atoms with E-state index in [0.717, 1.165) is 17.7 Å². The normalized spacial score (nSPS) is 18.2. The number of amides is 1. The Kier molecular flexibility index (Phi) is 7.06. The molecule has 1 saturated heterocycles. The lowest BCUT2D eigenvalue weighted by atomic mass is 10.1. The highest BCUT2D eigenvalue weighted by Crippen LogP contribution is 2.33. The van der Waals surface area contributed by atoms with Gasteiger partial charge in [-0.15, -0.1) is 0 Å². The van der Waals surface area contributed by atoms with Gasteiger partial charge in [0.1, 0.15) is 23.4 Å². The predicted molar refractivity (Wildman–Crippen MR) is 136 cm³/mol. The van der Waals surface area contributed by atoms with E-state index in [2.05, 4.69) is 14.1 Å². The van der Waals surface area contributed by atoms with Crippen LogP contribution in [-0.4, -0.2) is 59.8 Å². The van der Waals surface area contributed by atoms with Crippen molar-refractivity contribution in [3.8, 4) is 17.0 Å². The van der Waals surface area contributed by atoms with E-state index in [1.165, 1.54) is 34.8 Å². The number of ether oxygens (including phenoxy) is 1. The molecule has 2 aromatic heterocycles. The molecular weight excluding hydrogens is 519 g/mol. The van der Waals surface area contributed by atoms with Crippen LogP contribution in [0.3, 0.4) is 0 Å². The third kappa shape index (κ3) is 5.86. The van der Waals surface area contributed by atoms with Crippen LogP contribution < -0.4 is 9.46 Å². The number of halogens is 1. The minimum Gasteiger partial charge on any atom is -0.484 e. The molecule has 0 spiro atoms. The molecule has 2 fully saturated rings. The lowest BCUT2D eigenvalue weighted by Crippen LogP contribution is -2.35. The van der Waals surface area contributed by atoms with Crippen molar-refractivity contribution in [3.63, 3.8) is 0 Å². The Morgan fingerprint density at radius 3 is 2.70 bits per heavy atom. The van der Waals surface area contributed by atoms with Gasteiger partial charge in [0.15, 0.2) is 5.78 Å². The molecule has 3 heterocycles. The maximum absolute atomic E-state index is 14.9. The molecule has 5 rings (SSSR count).